The minimum atomic E-state index is -0.0795. The highest BCUT2D eigenvalue weighted by molar-refractivity contribution is 6.30. The first-order valence-electron chi connectivity index (χ1n) is 9.42. The Morgan fingerprint density at radius 1 is 1.11 bits per heavy atom. The van der Waals surface area contributed by atoms with Crippen LogP contribution in [-0.2, 0) is 6.54 Å². The number of carbonyl (C=O) groups excluding carboxylic acids is 1. The van der Waals surface area contributed by atoms with E-state index in [9.17, 15) is 4.79 Å². The van der Waals surface area contributed by atoms with E-state index in [0.717, 1.165) is 42.4 Å². The summed E-state index contributed by atoms with van der Waals surface area (Å²) in [5, 5.41) is 3.64. The third-order valence-electron chi connectivity index (χ3n) is 4.71. The zero-order valence-corrected chi connectivity index (χ0v) is 17.0. The largest absolute Gasteiger partial charge is 0.496 e. The first-order valence-corrected chi connectivity index (χ1v) is 9.80. The van der Waals surface area contributed by atoms with Crippen LogP contribution in [0.25, 0.3) is 0 Å². The first-order chi connectivity index (χ1) is 13.6. The topological polar surface area (TPSA) is 54.0 Å². The standard InChI is InChI=1S/C21H26ClN3O3/c1-3-28-19-7-5-18(6-8-19)23-21(26)25-12-10-24(11-13-25)15-16-14-17(22)4-9-20(16)27-2/h4-9,14H,3,10-13,15H2,1-2H3,(H,23,26). The van der Waals surface area contributed by atoms with Crippen molar-refractivity contribution in [3.8, 4) is 11.5 Å². The number of nitrogens with zero attached hydrogens (tertiary/aromatic N) is 2. The number of piperazine rings is 1. The van der Waals surface area contributed by atoms with Gasteiger partial charge in [0.15, 0.2) is 0 Å². The minimum absolute atomic E-state index is 0.0795. The predicted molar refractivity (Wildman–Crippen MR) is 111 cm³/mol. The van der Waals surface area contributed by atoms with Crippen molar-refractivity contribution in [1.82, 2.24) is 9.80 Å². The lowest BCUT2D eigenvalue weighted by atomic mass is 10.1. The number of ether oxygens (including phenoxy) is 2. The average Bonchev–Trinajstić information content (AvgIpc) is 2.70. The summed E-state index contributed by atoms with van der Waals surface area (Å²) < 4.78 is 10.8. The molecule has 28 heavy (non-hydrogen) atoms. The normalized spacial score (nSPS) is 14.6. The second-order valence-electron chi connectivity index (χ2n) is 6.61. The summed E-state index contributed by atoms with van der Waals surface area (Å²) >= 11 is 6.12. The summed E-state index contributed by atoms with van der Waals surface area (Å²) in [6.07, 6.45) is 0. The van der Waals surface area contributed by atoms with E-state index < -0.39 is 0 Å². The first kappa shape index (κ1) is 20.3. The molecule has 1 aliphatic rings. The van der Waals surface area contributed by atoms with Gasteiger partial charge in [-0.2, -0.15) is 0 Å². The Kier molecular flexibility index (Phi) is 7.01. The Morgan fingerprint density at radius 3 is 2.46 bits per heavy atom. The Bertz CT molecular complexity index is 790. The zero-order chi connectivity index (χ0) is 19.9. The van der Waals surface area contributed by atoms with Gasteiger partial charge >= 0.3 is 6.03 Å². The number of anilines is 1. The second-order valence-corrected chi connectivity index (χ2v) is 7.04. The maximum Gasteiger partial charge on any atom is 0.321 e. The third-order valence-corrected chi connectivity index (χ3v) is 4.95. The lowest BCUT2D eigenvalue weighted by Crippen LogP contribution is -2.49. The summed E-state index contributed by atoms with van der Waals surface area (Å²) in [7, 11) is 1.66. The highest BCUT2D eigenvalue weighted by Crippen LogP contribution is 2.24. The molecule has 1 fully saturated rings. The van der Waals surface area contributed by atoms with E-state index >= 15 is 0 Å². The van der Waals surface area contributed by atoms with Crippen LogP contribution in [0.15, 0.2) is 42.5 Å². The van der Waals surface area contributed by atoms with Gasteiger partial charge in [0.2, 0.25) is 0 Å². The fourth-order valence-corrected chi connectivity index (χ4v) is 3.42. The van der Waals surface area contributed by atoms with E-state index in [-0.39, 0.29) is 6.03 Å². The smallest absolute Gasteiger partial charge is 0.321 e. The summed E-state index contributed by atoms with van der Waals surface area (Å²) in [4.78, 5) is 16.7. The number of benzene rings is 2. The molecule has 2 aromatic rings. The summed E-state index contributed by atoms with van der Waals surface area (Å²) in [5.41, 5.74) is 1.82. The van der Waals surface area contributed by atoms with Gasteiger partial charge in [-0.25, -0.2) is 4.79 Å². The molecule has 0 bridgehead atoms. The number of hydrogen-bond acceptors (Lipinski definition) is 4. The second kappa shape index (κ2) is 9.66. The number of nitrogens with one attached hydrogen (secondary N) is 1. The lowest BCUT2D eigenvalue weighted by Gasteiger charge is -2.35. The summed E-state index contributed by atoms with van der Waals surface area (Å²) in [6, 6.07) is 13.0. The monoisotopic (exact) mass is 403 g/mol. The van der Waals surface area contributed by atoms with Crippen molar-refractivity contribution in [2.45, 2.75) is 13.5 Å². The molecular weight excluding hydrogens is 378 g/mol. The summed E-state index contributed by atoms with van der Waals surface area (Å²) in [6.45, 7) is 6.25. The van der Waals surface area contributed by atoms with E-state index in [1.54, 1.807) is 7.11 Å². The van der Waals surface area contributed by atoms with Gasteiger partial charge in [-0.05, 0) is 49.4 Å². The fraction of sp³-hybridized carbons (Fsp3) is 0.381. The molecule has 1 heterocycles. The van der Waals surface area contributed by atoms with E-state index in [4.69, 9.17) is 21.1 Å². The van der Waals surface area contributed by atoms with E-state index in [1.165, 1.54) is 0 Å². The van der Waals surface area contributed by atoms with Crippen LogP contribution in [0.3, 0.4) is 0 Å². The molecule has 0 aliphatic carbocycles. The van der Waals surface area contributed by atoms with Crippen molar-refractivity contribution in [3.63, 3.8) is 0 Å². The zero-order valence-electron chi connectivity index (χ0n) is 16.3. The van der Waals surface area contributed by atoms with Gasteiger partial charge in [-0.1, -0.05) is 11.6 Å². The molecule has 0 aromatic heterocycles. The molecule has 0 atom stereocenters. The fourth-order valence-electron chi connectivity index (χ4n) is 3.22. The molecule has 1 N–H and O–H groups in total. The molecule has 3 rings (SSSR count). The Balaban J connectivity index is 1.50. The van der Waals surface area contributed by atoms with Gasteiger partial charge < -0.3 is 19.7 Å². The molecule has 0 unspecified atom stereocenters. The van der Waals surface area contributed by atoms with Gasteiger partial charge in [-0.15, -0.1) is 0 Å². The molecule has 7 heteroatoms. The maximum absolute atomic E-state index is 12.5. The number of rotatable bonds is 6. The van der Waals surface area contributed by atoms with Crippen molar-refractivity contribution < 1.29 is 14.3 Å². The van der Waals surface area contributed by atoms with Crippen molar-refractivity contribution in [1.29, 1.82) is 0 Å². The number of halogens is 1. The molecule has 6 nitrogen and oxygen atoms in total. The predicted octanol–water partition coefficient (Wildman–Crippen LogP) is 4.10. The molecule has 1 saturated heterocycles. The SMILES string of the molecule is CCOc1ccc(NC(=O)N2CCN(Cc3cc(Cl)ccc3OC)CC2)cc1. The number of carbonyl (C=O) groups is 1. The van der Waals surface area contributed by atoms with Gasteiger partial charge in [0.25, 0.3) is 0 Å². The lowest BCUT2D eigenvalue weighted by molar-refractivity contribution is 0.142. The van der Waals surface area contributed by atoms with E-state index in [2.05, 4.69) is 10.2 Å². The van der Waals surface area contributed by atoms with Crippen molar-refractivity contribution >= 4 is 23.3 Å². The van der Waals surface area contributed by atoms with E-state index in [0.29, 0.717) is 24.7 Å². The van der Waals surface area contributed by atoms with Crippen LogP contribution < -0.4 is 14.8 Å². The molecule has 1 aliphatic heterocycles. The van der Waals surface area contributed by atoms with Crippen LogP contribution in [0.1, 0.15) is 12.5 Å². The Labute approximate surface area is 171 Å². The quantitative estimate of drug-likeness (QED) is 0.789. The van der Waals surface area contributed by atoms with Gasteiger partial charge in [-0.3, -0.25) is 4.90 Å². The molecule has 0 spiro atoms. The number of hydrogen-bond donors (Lipinski definition) is 1. The molecule has 0 radical (unpaired) electrons. The van der Waals surface area contributed by atoms with Crippen molar-refractivity contribution in [2.75, 3.05) is 45.2 Å². The maximum atomic E-state index is 12.5. The molecule has 0 saturated carbocycles. The van der Waals surface area contributed by atoms with Crippen LogP contribution in [0.2, 0.25) is 5.02 Å². The molecule has 2 amide bonds. The number of methoxy groups -OCH3 is 1. The van der Waals surface area contributed by atoms with Crippen LogP contribution in [0.4, 0.5) is 10.5 Å². The van der Waals surface area contributed by atoms with Crippen LogP contribution in [0.5, 0.6) is 11.5 Å². The molecule has 150 valence electrons. The Hall–Kier alpha value is -2.44. The van der Waals surface area contributed by atoms with Gasteiger partial charge in [0, 0.05) is 49.0 Å². The summed E-state index contributed by atoms with van der Waals surface area (Å²) in [5.74, 6) is 1.63. The van der Waals surface area contributed by atoms with Gasteiger partial charge in [0.05, 0.1) is 13.7 Å². The average molecular weight is 404 g/mol. The molecule has 2 aromatic carbocycles. The van der Waals surface area contributed by atoms with Crippen molar-refractivity contribution in [2.24, 2.45) is 0 Å². The number of urea groups is 1. The number of amides is 2. The van der Waals surface area contributed by atoms with Gasteiger partial charge in [0.1, 0.15) is 11.5 Å². The molecular formula is C21H26ClN3O3. The van der Waals surface area contributed by atoms with Crippen LogP contribution in [0, 0.1) is 0 Å². The van der Waals surface area contributed by atoms with Crippen LogP contribution in [-0.4, -0.2) is 55.7 Å². The highest BCUT2D eigenvalue weighted by atomic mass is 35.5. The van der Waals surface area contributed by atoms with Crippen LogP contribution >= 0.6 is 11.6 Å². The highest BCUT2D eigenvalue weighted by Gasteiger charge is 2.22. The van der Waals surface area contributed by atoms with Crippen molar-refractivity contribution in [3.05, 3.63) is 53.1 Å². The minimum Gasteiger partial charge on any atom is -0.496 e. The third kappa shape index (κ3) is 5.30. The van der Waals surface area contributed by atoms with E-state index in [1.807, 2.05) is 54.3 Å². The Morgan fingerprint density at radius 2 is 1.82 bits per heavy atom.